The summed E-state index contributed by atoms with van der Waals surface area (Å²) in [6, 6.07) is 4.35. The third kappa shape index (κ3) is 5.45. The van der Waals surface area contributed by atoms with Crippen LogP contribution in [0.4, 0.5) is 0 Å². The number of furan rings is 1. The van der Waals surface area contributed by atoms with E-state index in [1.807, 2.05) is 12.1 Å². The fraction of sp³-hybridized carbons (Fsp3) is 0.762. The second kappa shape index (κ2) is 10.5. The van der Waals surface area contributed by atoms with Crippen LogP contribution in [0.2, 0.25) is 0 Å². The Balaban J connectivity index is 0.00000240. The summed E-state index contributed by atoms with van der Waals surface area (Å²) < 4.78 is 16.8. The highest BCUT2D eigenvalue weighted by molar-refractivity contribution is 14.0. The standard InChI is InChI=1S/C21H34N4O3.HI/c1-21(2)18(17-6-13-28-19(17)21)24-20(22-7-5-16-4-3-12-27-16)23-8-9-25-10-14-26-15-11-25;/h3-4,12,17-19H,5-11,13-15H2,1-2H3,(H2,22,23,24);1H. The Morgan fingerprint density at radius 3 is 2.86 bits per heavy atom. The van der Waals surface area contributed by atoms with Crippen LogP contribution in [0, 0.1) is 11.3 Å². The van der Waals surface area contributed by atoms with Gasteiger partial charge in [-0.1, -0.05) is 13.8 Å². The predicted octanol–water partition coefficient (Wildman–Crippen LogP) is 2.12. The number of guanidine groups is 1. The number of nitrogens with zero attached hydrogens (tertiary/aromatic N) is 2. The van der Waals surface area contributed by atoms with Crippen molar-refractivity contribution in [1.29, 1.82) is 0 Å². The number of halogens is 1. The van der Waals surface area contributed by atoms with Crippen molar-refractivity contribution in [3.8, 4) is 0 Å². The average molecular weight is 518 g/mol. The van der Waals surface area contributed by atoms with Crippen LogP contribution in [0.25, 0.3) is 0 Å². The number of fused-ring (bicyclic) bond motifs is 1. The summed E-state index contributed by atoms with van der Waals surface area (Å²) in [4.78, 5) is 7.30. The third-order valence-electron chi connectivity index (χ3n) is 6.43. The molecule has 3 aliphatic rings. The molecule has 3 atom stereocenters. The Labute approximate surface area is 191 Å². The van der Waals surface area contributed by atoms with E-state index < -0.39 is 0 Å². The molecule has 8 heteroatoms. The van der Waals surface area contributed by atoms with Crippen LogP contribution in [-0.2, 0) is 15.9 Å². The summed E-state index contributed by atoms with van der Waals surface area (Å²) in [7, 11) is 0. The molecule has 1 aromatic heterocycles. The van der Waals surface area contributed by atoms with Crippen LogP contribution < -0.4 is 10.6 Å². The molecule has 0 amide bonds. The van der Waals surface area contributed by atoms with Gasteiger partial charge in [-0.05, 0) is 18.6 Å². The van der Waals surface area contributed by atoms with Crippen LogP contribution in [0.1, 0.15) is 26.0 Å². The van der Waals surface area contributed by atoms with E-state index in [0.717, 1.165) is 77.1 Å². The van der Waals surface area contributed by atoms with Gasteiger partial charge in [0.15, 0.2) is 5.96 Å². The molecule has 0 spiro atoms. The minimum Gasteiger partial charge on any atom is -0.469 e. The Bertz CT molecular complexity index is 646. The Kier molecular flexibility index (Phi) is 8.23. The van der Waals surface area contributed by atoms with Gasteiger partial charge in [0.25, 0.3) is 0 Å². The average Bonchev–Trinajstić information content (AvgIpc) is 3.37. The number of morpholine rings is 1. The van der Waals surface area contributed by atoms with Crippen molar-refractivity contribution in [1.82, 2.24) is 15.5 Å². The number of hydrogen-bond acceptors (Lipinski definition) is 5. The number of nitrogens with one attached hydrogen (secondary N) is 2. The third-order valence-corrected chi connectivity index (χ3v) is 6.43. The van der Waals surface area contributed by atoms with Gasteiger partial charge in [-0.3, -0.25) is 9.89 Å². The van der Waals surface area contributed by atoms with E-state index in [4.69, 9.17) is 18.9 Å². The molecule has 3 fully saturated rings. The van der Waals surface area contributed by atoms with Gasteiger partial charge < -0.3 is 24.5 Å². The summed E-state index contributed by atoms with van der Waals surface area (Å²) in [5, 5.41) is 7.23. The Morgan fingerprint density at radius 1 is 1.28 bits per heavy atom. The monoisotopic (exact) mass is 518 g/mol. The van der Waals surface area contributed by atoms with Crippen LogP contribution in [0.3, 0.4) is 0 Å². The van der Waals surface area contributed by atoms with Crippen molar-refractivity contribution in [2.75, 3.05) is 52.5 Å². The molecule has 1 aromatic rings. The highest BCUT2D eigenvalue weighted by atomic mass is 127. The maximum Gasteiger partial charge on any atom is 0.191 e. The van der Waals surface area contributed by atoms with Crippen molar-refractivity contribution in [2.45, 2.75) is 38.8 Å². The van der Waals surface area contributed by atoms with Gasteiger partial charge >= 0.3 is 0 Å². The van der Waals surface area contributed by atoms with E-state index in [-0.39, 0.29) is 29.4 Å². The first-order valence-electron chi connectivity index (χ1n) is 10.6. The molecule has 0 radical (unpaired) electrons. The molecule has 2 N–H and O–H groups in total. The zero-order valence-electron chi connectivity index (χ0n) is 17.6. The van der Waals surface area contributed by atoms with Gasteiger partial charge in [0.05, 0.1) is 32.1 Å². The van der Waals surface area contributed by atoms with Crippen molar-refractivity contribution in [2.24, 2.45) is 16.3 Å². The van der Waals surface area contributed by atoms with Crippen molar-refractivity contribution in [3.63, 3.8) is 0 Å². The number of hydrogen-bond donors (Lipinski definition) is 2. The molecule has 3 unspecified atom stereocenters. The Morgan fingerprint density at radius 2 is 2.10 bits per heavy atom. The van der Waals surface area contributed by atoms with E-state index in [1.54, 1.807) is 6.26 Å². The highest BCUT2D eigenvalue weighted by Gasteiger charge is 2.59. The van der Waals surface area contributed by atoms with Gasteiger partial charge in [-0.25, -0.2) is 0 Å². The highest BCUT2D eigenvalue weighted by Crippen LogP contribution is 2.52. The van der Waals surface area contributed by atoms with Crippen molar-refractivity contribution in [3.05, 3.63) is 24.2 Å². The maximum atomic E-state index is 5.94. The van der Waals surface area contributed by atoms with Gasteiger partial charge in [0.2, 0.25) is 0 Å². The lowest BCUT2D eigenvalue weighted by Crippen LogP contribution is -2.68. The number of ether oxygens (including phenoxy) is 2. The summed E-state index contributed by atoms with van der Waals surface area (Å²) in [5.41, 5.74) is 0.134. The van der Waals surface area contributed by atoms with E-state index in [9.17, 15) is 0 Å². The molecule has 3 heterocycles. The lowest BCUT2D eigenvalue weighted by atomic mass is 9.57. The second-order valence-corrected chi connectivity index (χ2v) is 8.63. The zero-order chi connectivity index (χ0) is 19.4. The smallest absolute Gasteiger partial charge is 0.191 e. The van der Waals surface area contributed by atoms with Crippen LogP contribution >= 0.6 is 24.0 Å². The van der Waals surface area contributed by atoms with Gasteiger partial charge in [0, 0.05) is 56.6 Å². The van der Waals surface area contributed by atoms with Gasteiger partial charge in [0.1, 0.15) is 5.76 Å². The number of aliphatic imine (C=N–C) groups is 1. The van der Waals surface area contributed by atoms with Crippen LogP contribution in [-0.4, -0.2) is 75.5 Å². The van der Waals surface area contributed by atoms with Gasteiger partial charge in [-0.15, -0.1) is 24.0 Å². The molecule has 2 aliphatic heterocycles. The van der Waals surface area contributed by atoms with E-state index in [1.165, 1.54) is 0 Å². The largest absolute Gasteiger partial charge is 0.469 e. The topological polar surface area (TPSA) is 71.3 Å². The minimum atomic E-state index is 0. The molecule has 0 aromatic carbocycles. The fourth-order valence-electron chi connectivity index (χ4n) is 4.80. The van der Waals surface area contributed by atoms with Crippen molar-refractivity contribution >= 4 is 29.9 Å². The Hall–Kier alpha value is -0.840. The van der Waals surface area contributed by atoms with Crippen molar-refractivity contribution < 1.29 is 13.9 Å². The lowest BCUT2D eigenvalue weighted by molar-refractivity contribution is -0.106. The molecule has 29 heavy (non-hydrogen) atoms. The SMILES string of the molecule is CC1(C)C(NC(=NCCN2CCOCC2)NCCc2ccco2)C2CCOC21.I. The fourth-order valence-corrected chi connectivity index (χ4v) is 4.80. The molecule has 1 saturated carbocycles. The molecule has 4 rings (SSSR count). The number of rotatable bonds is 7. The summed E-state index contributed by atoms with van der Waals surface area (Å²) in [6.45, 7) is 11.7. The maximum absolute atomic E-state index is 5.94. The molecule has 164 valence electrons. The first-order valence-corrected chi connectivity index (χ1v) is 10.6. The molecule has 0 bridgehead atoms. The molecule has 2 saturated heterocycles. The molecular weight excluding hydrogens is 483 g/mol. The first-order chi connectivity index (χ1) is 13.6. The quantitative estimate of drug-likeness (QED) is 0.328. The van der Waals surface area contributed by atoms with E-state index >= 15 is 0 Å². The lowest BCUT2D eigenvalue weighted by Gasteiger charge is -2.55. The van der Waals surface area contributed by atoms with Gasteiger partial charge in [-0.2, -0.15) is 0 Å². The normalized spacial score (nSPS) is 28.9. The van der Waals surface area contributed by atoms with Crippen LogP contribution in [0.15, 0.2) is 27.8 Å². The summed E-state index contributed by atoms with van der Waals surface area (Å²) in [5.74, 6) is 2.49. The predicted molar refractivity (Wildman–Crippen MR) is 124 cm³/mol. The molecule has 7 nitrogen and oxygen atoms in total. The molecular formula is C21H35IN4O3. The molecule has 1 aliphatic carbocycles. The summed E-state index contributed by atoms with van der Waals surface area (Å²) in [6.07, 6.45) is 4.09. The zero-order valence-corrected chi connectivity index (χ0v) is 19.9. The minimum absolute atomic E-state index is 0. The first kappa shape index (κ1) is 22.8. The van der Waals surface area contributed by atoms with E-state index in [0.29, 0.717) is 18.1 Å². The summed E-state index contributed by atoms with van der Waals surface area (Å²) >= 11 is 0. The van der Waals surface area contributed by atoms with Crippen LogP contribution in [0.5, 0.6) is 0 Å². The van der Waals surface area contributed by atoms with E-state index in [2.05, 4.69) is 29.4 Å². The second-order valence-electron chi connectivity index (χ2n) is 8.63.